The van der Waals surface area contributed by atoms with Gasteiger partial charge in [0.05, 0.1) is 0 Å². The molecule has 2 rings (SSSR count). The molecule has 50 valence electrons. The molecule has 0 saturated carbocycles. The number of rotatable bonds is 1. The molecule has 0 aromatic carbocycles. The number of hydrogen-bond acceptors (Lipinski definition) is 1. The van der Waals surface area contributed by atoms with Gasteiger partial charge >= 0.3 is 68.3 Å². The first-order valence-electron chi connectivity index (χ1n) is 2.64. The average molecular weight is 255 g/mol. The normalized spacial score (nSPS) is 25.2. The zero-order valence-electron chi connectivity index (χ0n) is 4.56. The average Bonchev–Trinajstić information content (AvgIpc) is 2.58. The number of H-pyrrole nitrogens is 1. The number of alkyl halides is 2. The monoisotopic (exact) mass is 255 g/mol. The van der Waals surface area contributed by atoms with Gasteiger partial charge in [-0.3, -0.25) is 0 Å². The van der Waals surface area contributed by atoms with Crippen molar-refractivity contribution in [2.75, 3.05) is 4.43 Å². The van der Waals surface area contributed by atoms with E-state index in [1.54, 1.807) is 0 Å². The van der Waals surface area contributed by atoms with Crippen molar-refractivity contribution in [1.82, 2.24) is 10.2 Å². The summed E-state index contributed by atoms with van der Waals surface area (Å²) < 4.78 is 2.20. The number of aromatic nitrogens is 2. The fourth-order valence-electron chi connectivity index (χ4n) is 0.709. The fraction of sp³-hybridized carbons (Fsp3) is 0.400. The molecule has 0 bridgehead atoms. The Morgan fingerprint density at radius 3 is 3.11 bits per heavy atom. The molecule has 1 unspecified atom stereocenters. The van der Waals surface area contributed by atoms with Crippen LogP contribution in [0, 0.1) is 0 Å². The van der Waals surface area contributed by atoms with Gasteiger partial charge < -0.3 is 0 Å². The zero-order chi connectivity index (χ0) is 6.27. The summed E-state index contributed by atoms with van der Waals surface area (Å²) in [4.78, 5) is 0. The van der Waals surface area contributed by atoms with Crippen molar-refractivity contribution in [3.05, 3.63) is 16.9 Å². The predicted octanol–water partition coefficient (Wildman–Crippen LogP) is -1.79. The van der Waals surface area contributed by atoms with Gasteiger partial charge in [0.1, 0.15) is 0 Å². The van der Waals surface area contributed by atoms with Crippen LogP contribution in [0.5, 0.6) is 0 Å². The van der Waals surface area contributed by atoms with Gasteiger partial charge in [-0.15, -0.1) is 0 Å². The van der Waals surface area contributed by atoms with Crippen molar-refractivity contribution in [2.24, 2.45) is 0 Å². The third kappa shape index (κ3) is 1.08. The van der Waals surface area contributed by atoms with E-state index in [9.17, 15) is 0 Å². The van der Waals surface area contributed by atoms with E-state index in [1.165, 1.54) is 9.99 Å². The van der Waals surface area contributed by atoms with Crippen molar-refractivity contribution in [3.63, 3.8) is 0 Å². The van der Waals surface area contributed by atoms with Crippen LogP contribution in [0.15, 0.2) is 6.20 Å². The summed E-state index contributed by atoms with van der Waals surface area (Å²) >= 11 is 6.23. The molecule has 1 aromatic heterocycles. The third-order valence-electron chi connectivity index (χ3n) is 1.27. The molecule has 0 radical (unpaired) electrons. The van der Waals surface area contributed by atoms with Crippen molar-refractivity contribution in [2.45, 2.75) is 3.92 Å². The Morgan fingerprint density at radius 2 is 2.67 bits per heavy atom. The van der Waals surface area contributed by atoms with Crippen LogP contribution < -0.4 is 21.2 Å². The van der Waals surface area contributed by atoms with E-state index in [2.05, 4.69) is 10.2 Å². The molecule has 1 fully saturated rings. The van der Waals surface area contributed by atoms with Crippen LogP contribution in [-0.2, 0) is 0 Å². The SMILES string of the molecule is Clc1[nH]ncc1C1C[I-]1. The van der Waals surface area contributed by atoms with E-state index in [-0.39, 0.29) is 0 Å². The molecule has 0 amide bonds. The Balaban J connectivity index is 2.35. The van der Waals surface area contributed by atoms with Gasteiger partial charge in [-0.2, -0.15) is 0 Å². The zero-order valence-corrected chi connectivity index (χ0v) is 7.48. The quantitative estimate of drug-likeness (QED) is 0.466. The molecule has 4 heteroatoms. The van der Waals surface area contributed by atoms with Crippen LogP contribution in [0.3, 0.4) is 0 Å². The van der Waals surface area contributed by atoms with Gasteiger partial charge in [-0.1, -0.05) is 0 Å². The van der Waals surface area contributed by atoms with Crippen LogP contribution >= 0.6 is 11.6 Å². The first-order chi connectivity index (χ1) is 4.38. The molecule has 2 heterocycles. The van der Waals surface area contributed by atoms with Gasteiger partial charge in [0.15, 0.2) is 0 Å². The summed E-state index contributed by atoms with van der Waals surface area (Å²) in [5.74, 6) is 0. The van der Waals surface area contributed by atoms with E-state index in [1.807, 2.05) is 6.20 Å². The second kappa shape index (κ2) is 2.12. The summed E-state index contributed by atoms with van der Waals surface area (Å²) in [6.07, 6.45) is 1.85. The Labute approximate surface area is 68.2 Å². The first-order valence-corrected chi connectivity index (χ1v) is 5.79. The van der Waals surface area contributed by atoms with Crippen LogP contribution in [0.2, 0.25) is 5.15 Å². The number of nitrogens with one attached hydrogen (secondary N) is 1. The minimum atomic E-state index is 0.460. The van der Waals surface area contributed by atoms with Gasteiger partial charge in [-0.25, -0.2) is 0 Å². The molecule has 0 spiro atoms. The van der Waals surface area contributed by atoms with E-state index in [0.29, 0.717) is 21.2 Å². The number of aromatic amines is 1. The Bertz CT molecular complexity index is 218. The Hall–Kier alpha value is 0.230. The van der Waals surface area contributed by atoms with Crippen molar-refractivity contribution >= 4 is 11.6 Å². The Morgan fingerprint density at radius 1 is 1.89 bits per heavy atom. The van der Waals surface area contributed by atoms with Crippen LogP contribution in [0.4, 0.5) is 0 Å². The van der Waals surface area contributed by atoms with E-state index < -0.39 is 0 Å². The van der Waals surface area contributed by atoms with E-state index >= 15 is 0 Å². The molecule has 1 aromatic rings. The van der Waals surface area contributed by atoms with E-state index in [0.717, 1.165) is 9.08 Å². The van der Waals surface area contributed by atoms with Crippen molar-refractivity contribution in [1.29, 1.82) is 0 Å². The molecule has 1 aliphatic rings. The standard InChI is InChI=1S/C5H5ClIN2/c6-5-3(2-8-9-5)4-1-7-4/h2,4H,1H2,(H,8,9)/q-1. The number of nitrogens with zero attached hydrogens (tertiary/aromatic N) is 1. The molecular weight excluding hydrogens is 250 g/mol. The number of halogens is 2. The van der Waals surface area contributed by atoms with Crippen LogP contribution in [0.1, 0.15) is 9.49 Å². The van der Waals surface area contributed by atoms with Crippen LogP contribution in [0.25, 0.3) is 0 Å². The predicted molar refractivity (Wildman–Crippen MR) is 31.2 cm³/mol. The second-order valence-electron chi connectivity index (χ2n) is 1.92. The van der Waals surface area contributed by atoms with Crippen molar-refractivity contribution in [3.8, 4) is 0 Å². The fourth-order valence-corrected chi connectivity index (χ4v) is 2.80. The molecule has 1 saturated heterocycles. The molecule has 0 aliphatic carbocycles. The minimum absolute atomic E-state index is 0.460. The third-order valence-corrected chi connectivity index (χ3v) is 4.00. The molecule has 9 heavy (non-hydrogen) atoms. The van der Waals surface area contributed by atoms with Gasteiger partial charge in [0.2, 0.25) is 0 Å². The second-order valence-corrected chi connectivity index (χ2v) is 5.56. The summed E-state index contributed by atoms with van der Waals surface area (Å²) in [7, 11) is 0. The summed E-state index contributed by atoms with van der Waals surface area (Å²) in [5.41, 5.74) is 1.24. The first kappa shape index (κ1) is 5.97. The van der Waals surface area contributed by atoms with Crippen LogP contribution in [-0.4, -0.2) is 14.6 Å². The van der Waals surface area contributed by atoms with Gasteiger partial charge in [0.25, 0.3) is 0 Å². The van der Waals surface area contributed by atoms with E-state index in [4.69, 9.17) is 11.6 Å². The molecule has 2 nitrogen and oxygen atoms in total. The molecular formula is C5H5ClIN2-. The summed E-state index contributed by atoms with van der Waals surface area (Å²) in [5, 5.41) is 7.31. The summed E-state index contributed by atoms with van der Waals surface area (Å²) in [6.45, 7) is 0. The molecule has 1 aliphatic heterocycles. The maximum absolute atomic E-state index is 5.77. The molecule has 1 N–H and O–H groups in total. The van der Waals surface area contributed by atoms with Gasteiger partial charge in [0, 0.05) is 0 Å². The maximum atomic E-state index is 5.77. The Kier molecular flexibility index (Phi) is 1.41. The van der Waals surface area contributed by atoms with Crippen molar-refractivity contribution < 1.29 is 21.2 Å². The number of hydrogen-bond donors (Lipinski definition) is 1. The molecule has 1 atom stereocenters. The topological polar surface area (TPSA) is 28.7 Å². The van der Waals surface area contributed by atoms with Gasteiger partial charge in [-0.05, 0) is 0 Å². The summed E-state index contributed by atoms with van der Waals surface area (Å²) in [6, 6.07) is 0.